The van der Waals surface area contributed by atoms with E-state index in [0.29, 0.717) is 30.3 Å². The summed E-state index contributed by atoms with van der Waals surface area (Å²) < 4.78 is 13.4. The third-order valence-electron chi connectivity index (χ3n) is 6.92. The van der Waals surface area contributed by atoms with Gasteiger partial charge in [0.25, 0.3) is 0 Å². The third kappa shape index (κ3) is 4.31. The van der Waals surface area contributed by atoms with Gasteiger partial charge >= 0.3 is 5.97 Å². The first-order chi connectivity index (χ1) is 18.1. The van der Waals surface area contributed by atoms with Crippen molar-refractivity contribution in [3.8, 4) is 17.2 Å². The number of carboxylic acids is 1. The highest BCUT2D eigenvalue weighted by molar-refractivity contribution is 6.09. The summed E-state index contributed by atoms with van der Waals surface area (Å²) in [7, 11) is 0. The van der Waals surface area contributed by atoms with E-state index in [-0.39, 0.29) is 18.6 Å². The maximum atomic E-state index is 13.1. The molecule has 0 spiro atoms. The number of fused-ring (bicyclic) bond motifs is 4. The largest absolute Gasteiger partial charge is 0.486 e. The van der Waals surface area contributed by atoms with Crippen molar-refractivity contribution in [2.45, 2.75) is 18.8 Å². The van der Waals surface area contributed by atoms with Crippen molar-refractivity contribution in [1.29, 1.82) is 0 Å². The molecule has 1 atom stereocenters. The van der Waals surface area contributed by atoms with E-state index in [1.54, 1.807) is 18.2 Å². The number of ketones is 1. The van der Waals surface area contributed by atoms with Crippen molar-refractivity contribution in [3.05, 3.63) is 102 Å². The predicted octanol–water partition coefficient (Wildman–Crippen LogP) is 6.39. The number of aliphatic carboxylic acids is 1. The number of carboxylic acid groups (broad SMARTS) is 1. The highest BCUT2D eigenvalue weighted by Crippen LogP contribution is 2.34. The van der Waals surface area contributed by atoms with E-state index in [2.05, 4.69) is 28.8 Å². The lowest BCUT2D eigenvalue weighted by atomic mass is 9.88. The highest BCUT2D eigenvalue weighted by atomic mass is 16.6. The minimum absolute atomic E-state index is 0.0840. The van der Waals surface area contributed by atoms with Crippen LogP contribution in [-0.4, -0.2) is 34.6 Å². The van der Waals surface area contributed by atoms with Crippen LogP contribution in [0.25, 0.3) is 27.5 Å². The Bertz CT molecular complexity index is 1580. The van der Waals surface area contributed by atoms with Crippen molar-refractivity contribution < 1.29 is 24.2 Å². The summed E-state index contributed by atoms with van der Waals surface area (Å²) >= 11 is 0. The van der Waals surface area contributed by atoms with Gasteiger partial charge in [-0.15, -0.1) is 0 Å². The Morgan fingerprint density at radius 1 is 0.757 bits per heavy atom. The summed E-state index contributed by atoms with van der Waals surface area (Å²) in [5.74, 6) is -0.362. The number of para-hydroxylation sites is 2. The fourth-order valence-corrected chi connectivity index (χ4v) is 5.17. The van der Waals surface area contributed by atoms with Gasteiger partial charge in [0.1, 0.15) is 13.2 Å². The summed E-state index contributed by atoms with van der Waals surface area (Å²) in [4.78, 5) is 24.8. The number of hydrogen-bond acceptors (Lipinski definition) is 4. The van der Waals surface area contributed by atoms with Crippen molar-refractivity contribution >= 4 is 33.6 Å². The van der Waals surface area contributed by atoms with Crippen LogP contribution >= 0.6 is 0 Å². The number of hydrogen-bond donors (Lipinski definition) is 1. The molecule has 1 unspecified atom stereocenters. The van der Waals surface area contributed by atoms with E-state index < -0.39 is 11.9 Å². The lowest BCUT2D eigenvalue weighted by molar-refractivity contribution is -0.137. The molecule has 0 aliphatic carbocycles. The Balaban J connectivity index is 1.31. The molecule has 6 rings (SSSR count). The van der Waals surface area contributed by atoms with E-state index in [1.165, 1.54) is 10.8 Å². The maximum Gasteiger partial charge on any atom is 0.303 e. The van der Waals surface area contributed by atoms with Gasteiger partial charge in [-0.25, -0.2) is 0 Å². The lowest BCUT2D eigenvalue weighted by Gasteiger charge is -2.19. The van der Waals surface area contributed by atoms with E-state index in [0.717, 1.165) is 22.3 Å². The monoisotopic (exact) mass is 491 g/mol. The van der Waals surface area contributed by atoms with E-state index in [4.69, 9.17) is 9.47 Å². The van der Waals surface area contributed by atoms with Crippen LogP contribution in [0.5, 0.6) is 11.5 Å². The van der Waals surface area contributed by atoms with Crippen molar-refractivity contribution in [1.82, 2.24) is 4.57 Å². The number of carbonyl (C=O) groups excluding carboxylic acids is 1. The first kappa shape index (κ1) is 22.9. The van der Waals surface area contributed by atoms with Gasteiger partial charge in [-0.05, 0) is 48.0 Å². The zero-order chi connectivity index (χ0) is 25.4. The van der Waals surface area contributed by atoms with Gasteiger partial charge in [0.2, 0.25) is 0 Å². The molecule has 1 N–H and O–H groups in total. The van der Waals surface area contributed by atoms with Crippen LogP contribution in [-0.2, 0) is 4.79 Å². The summed E-state index contributed by atoms with van der Waals surface area (Å²) in [6, 6.07) is 29.6. The van der Waals surface area contributed by atoms with Gasteiger partial charge in [0.15, 0.2) is 17.3 Å². The average molecular weight is 492 g/mol. The molecule has 184 valence electrons. The number of Topliss-reactive ketones (excluding diaryl/α,β-unsaturated/α-hetero) is 1. The van der Waals surface area contributed by atoms with E-state index in [1.807, 2.05) is 48.5 Å². The number of rotatable bonds is 7. The average Bonchev–Trinajstić information content (AvgIpc) is 3.27. The van der Waals surface area contributed by atoms with Crippen LogP contribution in [0.3, 0.4) is 0 Å². The predicted molar refractivity (Wildman–Crippen MR) is 142 cm³/mol. The van der Waals surface area contributed by atoms with Gasteiger partial charge in [-0.3, -0.25) is 9.59 Å². The molecule has 1 aliphatic heterocycles. The van der Waals surface area contributed by atoms with E-state index in [9.17, 15) is 14.7 Å². The molecule has 4 aromatic carbocycles. The molecular weight excluding hydrogens is 466 g/mol. The zero-order valence-corrected chi connectivity index (χ0v) is 20.1. The molecule has 5 aromatic rings. The van der Waals surface area contributed by atoms with Gasteiger partial charge in [-0.2, -0.15) is 0 Å². The molecule has 6 heteroatoms. The van der Waals surface area contributed by atoms with Crippen LogP contribution < -0.4 is 9.47 Å². The summed E-state index contributed by atoms with van der Waals surface area (Å²) in [5, 5.41) is 11.9. The van der Waals surface area contributed by atoms with Crippen LogP contribution in [0.1, 0.15) is 34.7 Å². The molecule has 37 heavy (non-hydrogen) atoms. The second kappa shape index (κ2) is 9.47. The maximum absolute atomic E-state index is 13.1. The van der Waals surface area contributed by atoms with Gasteiger partial charge in [0, 0.05) is 34.4 Å². The quantitative estimate of drug-likeness (QED) is 0.267. The molecule has 1 aliphatic rings. The molecule has 6 nitrogen and oxygen atoms in total. The number of benzene rings is 4. The highest BCUT2D eigenvalue weighted by Gasteiger charge is 2.22. The number of ether oxygens (including phenoxy) is 2. The smallest absolute Gasteiger partial charge is 0.303 e. The SMILES string of the molecule is O=C(O)CC(CC(=O)c1ccc2c(c1)OCCO2)c1ccc(-n2c3ccccc3c3ccccc32)cc1. The molecule has 0 amide bonds. The first-order valence-electron chi connectivity index (χ1n) is 12.3. The number of aromatic nitrogens is 1. The Labute approximate surface area is 213 Å². The Morgan fingerprint density at radius 2 is 1.38 bits per heavy atom. The minimum atomic E-state index is -0.938. The number of carbonyl (C=O) groups is 2. The van der Waals surface area contributed by atoms with Crippen LogP contribution in [0.4, 0.5) is 0 Å². The molecular formula is C31H25NO5. The zero-order valence-electron chi connectivity index (χ0n) is 20.1. The summed E-state index contributed by atoms with van der Waals surface area (Å²) in [5.41, 5.74) is 4.49. The first-order valence-corrected chi connectivity index (χ1v) is 12.3. The molecule has 2 heterocycles. The second-order valence-electron chi connectivity index (χ2n) is 9.24. The molecule has 0 radical (unpaired) electrons. The van der Waals surface area contributed by atoms with Gasteiger partial charge < -0.3 is 19.1 Å². The van der Waals surface area contributed by atoms with Crippen molar-refractivity contribution in [2.24, 2.45) is 0 Å². The fraction of sp³-hybridized carbons (Fsp3) is 0.161. The standard InChI is InChI=1S/C31H25NO5/c33-28(21-11-14-29-30(18-21)37-16-15-36-29)17-22(19-31(34)35)20-9-12-23(13-10-20)32-26-7-3-1-5-24(26)25-6-2-4-8-27(25)32/h1-14,18,22H,15-17,19H2,(H,34,35). The fourth-order valence-electron chi connectivity index (χ4n) is 5.17. The Hall–Kier alpha value is -4.58. The van der Waals surface area contributed by atoms with Crippen molar-refractivity contribution in [3.63, 3.8) is 0 Å². The molecule has 0 saturated heterocycles. The molecule has 0 bridgehead atoms. The lowest BCUT2D eigenvalue weighted by Crippen LogP contribution is -2.16. The van der Waals surface area contributed by atoms with Crippen LogP contribution in [0.15, 0.2) is 91.0 Å². The molecule has 0 saturated carbocycles. The molecule has 0 fully saturated rings. The van der Waals surface area contributed by atoms with Crippen LogP contribution in [0, 0.1) is 0 Å². The Kier molecular flexibility index (Phi) is 5.85. The van der Waals surface area contributed by atoms with Gasteiger partial charge in [0.05, 0.1) is 17.5 Å². The summed E-state index contributed by atoms with van der Waals surface area (Å²) in [6.45, 7) is 0.913. The molecule has 1 aromatic heterocycles. The second-order valence-corrected chi connectivity index (χ2v) is 9.24. The third-order valence-corrected chi connectivity index (χ3v) is 6.92. The van der Waals surface area contributed by atoms with Crippen molar-refractivity contribution in [2.75, 3.05) is 13.2 Å². The number of nitrogens with zero attached hydrogens (tertiary/aromatic N) is 1. The summed E-state index contributed by atoms with van der Waals surface area (Å²) in [6.07, 6.45) is -0.0499. The van der Waals surface area contributed by atoms with Gasteiger partial charge in [-0.1, -0.05) is 48.5 Å². The Morgan fingerprint density at radius 3 is 2.03 bits per heavy atom. The topological polar surface area (TPSA) is 77.8 Å². The van der Waals surface area contributed by atoms with E-state index >= 15 is 0 Å². The minimum Gasteiger partial charge on any atom is -0.486 e. The van der Waals surface area contributed by atoms with Crippen LogP contribution in [0.2, 0.25) is 0 Å². The normalized spacial score (nSPS) is 13.5.